The highest BCUT2D eigenvalue weighted by Gasteiger charge is 2.45. The second-order valence-corrected chi connectivity index (χ2v) is 14.0. The maximum atomic E-state index is 13.5. The van der Waals surface area contributed by atoms with Gasteiger partial charge in [0.05, 0.1) is 38.3 Å². The zero-order chi connectivity index (χ0) is 39.2. The van der Waals surface area contributed by atoms with Crippen molar-refractivity contribution in [3.05, 3.63) is 124 Å². The van der Waals surface area contributed by atoms with E-state index >= 15 is 0 Å². The summed E-state index contributed by atoms with van der Waals surface area (Å²) < 4.78 is 6.21. The Morgan fingerprint density at radius 2 is 1.54 bits per heavy atom. The molecule has 0 bridgehead atoms. The predicted molar refractivity (Wildman–Crippen MR) is 198 cm³/mol. The third kappa shape index (κ3) is 9.59. The number of carboxylic acids is 1. The van der Waals surface area contributed by atoms with Crippen LogP contribution in [0.15, 0.2) is 97.1 Å². The number of anilines is 1. The van der Waals surface area contributed by atoms with Gasteiger partial charge in [-0.2, -0.15) is 0 Å². The summed E-state index contributed by atoms with van der Waals surface area (Å²) in [7, 11) is 5.68. The molecule has 0 aliphatic carbocycles. The number of rotatable bonds is 15. The highest BCUT2D eigenvalue weighted by atomic mass is 35.5. The molecule has 1 heterocycles. The van der Waals surface area contributed by atoms with Gasteiger partial charge in [-0.05, 0) is 59.7 Å². The van der Waals surface area contributed by atoms with Crippen molar-refractivity contribution in [1.82, 2.24) is 15.5 Å². The van der Waals surface area contributed by atoms with Gasteiger partial charge in [-0.1, -0.05) is 60.1 Å². The average Bonchev–Trinajstić information content (AvgIpc) is 3.12. The molecule has 280 valence electrons. The van der Waals surface area contributed by atoms with E-state index < -0.39 is 54.2 Å². The van der Waals surface area contributed by atoms with Crippen LogP contribution in [0.3, 0.4) is 0 Å². The van der Waals surface area contributed by atoms with Gasteiger partial charge in [0.1, 0.15) is 23.6 Å². The second-order valence-electron chi connectivity index (χ2n) is 13.6. The smallest absolute Gasteiger partial charge is 0.331 e. The number of benzene rings is 4. The Bertz CT molecular complexity index is 2050. The SMILES string of the molecule is C[N+](C)(C)CC(=O)Nc1ccc(C(=O)c2cccc(Cl)c2OCC(=O)NC(C(=O)NC2CN(C(C(=O)O)c3ccc(O)cc3)C2=O)c2ccccc2)cc1. The molecule has 5 rings (SSSR count). The average molecular weight is 757 g/mol. The largest absolute Gasteiger partial charge is 0.508 e. The van der Waals surface area contributed by atoms with Crippen LogP contribution >= 0.6 is 11.6 Å². The molecular weight excluding hydrogens is 718 g/mol. The lowest BCUT2D eigenvalue weighted by atomic mass is 9.97. The summed E-state index contributed by atoms with van der Waals surface area (Å²) in [5, 5.41) is 27.5. The third-order valence-corrected chi connectivity index (χ3v) is 8.64. The Morgan fingerprint density at radius 1 is 0.870 bits per heavy atom. The number of amides is 4. The number of hydrogen-bond acceptors (Lipinski definition) is 8. The van der Waals surface area contributed by atoms with E-state index in [0.29, 0.717) is 15.7 Å². The molecule has 15 heteroatoms. The van der Waals surface area contributed by atoms with E-state index in [0.717, 1.165) is 4.90 Å². The van der Waals surface area contributed by atoms with Crippen molar-refractivity contribution >= 4 is 52.7 Å². The zero-order valence-electron chi connectivity index (χ0n) is 29.6. The van der Waals surface area contributed by atoms with Crippen molar-refractivity contribution in [1.29, 1.82) is 0 Å². The van der Waals surface area contributed by atoms with E-state index in [-0.39, 0.29) is 52.2 Å². The monoisotopic (exact) mass is 756 g/mol. The number of halogens is 1. The highest BCUT2D eigenvalue weighted by molar-refractivity contribution is 6.33. The summed E-state index contributed by atoms with van der Waals surface area (Å²) in [5.41, 5.74) is 1.53. The van der Waals surface area contributed by atoms with Crippen molar-refractivity contribution in [2.75, 3.05) is 46.2 Å². The standard InChI is InChI=1S/C39H38ClN5O9/c1-45(2,3)21-31(47)41-26-16-12-25(13-17-26)35(49)28-10-7-11-29(40)36(28)54-22-32(48)43-33(23-8-5-4-6-9-23)37(50)42-30-20-44(38(30)51)34(39(52)53)24-14-18-27(46)19-15-24/h4-19,30,33-34H,20-22H2,1-3H3,(H4-,41,42,43,46,47,48,49,50,52,53)/p+1. The number of hydrogen-bond donors (Lipinski definition) is 5. The van der Waals surface area contributed by atoms with Crippen LogP contribution in [0.4, 0.5) is 5.69 Å². The number of para-hydroxylation sites is 1. The second kappa shape index (κ2) is 16.6. The topological polar surface area (TPSA) is 191 Å². The minimum atomic E-state index is -1.33. The maximum Gasteiger partial charge on any atom is 0.331 e. The summed E-state index contributed by atoms with van der Waals surface area (Å²) in [6, 6.07) is 20.9. The van der Waals surface area contributed by atoms with Crippen LogP contribution in [0.2, 0.25) is 5.02 Å². The van der Waals surface area contributed by atoms with Gasteiger partial charge in [0.15, 0.2) is 25.0 Å². The number of likely N-dealkylation sites (tertiary alicyclic amines) is 1. The normalized spacial score (nSPS) is 14.9. The van der Waals surface area contributed by atoms with Crippen molar-refractivity contribution < 1.29 is 48.2 Å². The fourth-order valence-electron chi connectivity index (χ4n) is 5.77. The molecular formula is C39H39ClN5O9+. The third-order valence-electron chi connectivity index (χ3n) is 8.34. The summed E-state index contributed by atoms with van der Waals surface area (Å²) >= 11 is 6.42. The molecule has 1 aliphatic heterocycles. The molecule has 1 aliphatic rings. The Kier molecular flexibility index (Phi) is 12.0. The summed E-state index contributed by atoms with van der Waals surface area (Å²) in [4.78, 5) is 78.9. The Labute approximate surface area is 315 Å². The van der Waals surface area contributed by atoms with E-state index in [2.05, 4.69) is 16.0 Å². The van der Waals surface area contributed by atoms with Crippen LogP contribution in [0.25, 0.3) is 0 Å². The van der Waals surface area contributed by atoms with Gasteiger partial charge in [0, 0.05) is 11.3 Å². The van der Waals surface area contributed by atoms with Crippen LogP contribution in [0.5, 0.6) is 11.5 Å². The molecule has 4 amide bonds. The number of quaternary nitrogens is 1. The first-order valence-corrected chi connectivity index (χ1v) is 17.1. The number of likely N-dealkylation sites (N-methyl/N-ethyl adjacent to an activating group) is 1. The minimum Gasteiger partial charge on any atom is -0.508 e. The lowest BCUT2D eigenvalue weighted by Crippen LogP contribution is -2.66. The number of β-lactam (4-membered cyclic amide) rings is 1. The fraction of sp³-hybridized carbons (Fsp3) is 0.231. The molecule has 4 aromatic rings. The molecule has 4 aromatic carbocycles. The summed E-state index contributed by atoms with van der Waals surface area (Å²) in [6.45, 7) is -0.496. The number of nitrogens with zero attached hydrogens (tertiary/aromatic N) is 2. The van der Waals surface area contributed by atoms with Crippen LogP contribution in [0, 0.1) is 0 Å². The van der Waals surface area contributed by atoms with Gasteiger partial charge in [-0.3, -0.25) is 24.0 Å². The van der Waals surface area contributed by atoms with E-state index in [4.69, 9.17) is 16.3 Å². The predicted octanol–water partition coefficient (Wildman–Crippen LogP) is 3.31. The van der Waals surface area contributed by atoms with Gasteiger partial charge >= 0.3 is 5.97 Å². The van der Waals surface area contributed by atoms with Gasteiger partial charge < -0.3 is 40.3 Å². The van der Waals surface area contributed by atoms with E-state index in [9.17, 15) is 39.0 Å². The van der Waals surface area contributed by atoms with Crippen molar-refractivity contribution in [3.63, 3.8) is 0 Å². The Morgan fingerprint density at radius 3 is 2.15 bits per heavy atom. The lowest BCUT2D eigenvalue weighted by Gasteiger charge is -2.42. The van der Waals surface area contributed by atoms with Gasteiger partial charge in [0.2, 0.25) is 11.8 Å². The van der Waals surface area contributed by atoms with Crippen molar-refractivity contribution in [2.24, 2.45) is 0 Å². The molecule has 0 saturated carbocycles. The quantitative estimate of drug-likeness (QED) is 0.0688. The van der Waals surface area contributed by atoms with Crippen molar-refractivity contribution in [2.45, 2.75) is 18.1 Å². The minimum absolute atomic E-state index is 0.0536. The molecule has 0 aromatic heterocycles. The van der Waals surface area contributed by atoms with Crippen LogP contribution in [0.1, 0.15) is 39.1 Å². The highest BCUT2D eigenvalue weighted by Crippen LogP contribution is 2.32. The number of aliphatic carboxylic acids is 1. The number of carbonyl (C=O) groups is 6. The Hall–Kier alpha value is -6.25. The summed E-state index contributed by atoms with van der Waals surface area (Å²) in [5.74, 6) is -4.15. The van der Waals surface area contributed by atoms with E-state index in [1.54, 1.807) is 60.7 Å². The summed E-state index contributed by atoms with van der Waals surface area (Å²) in [6.07, 6.45) is 0. The molecule has 0 spiro atoms. The number of carboxylic acid groups (broad SMARTS) is 1. The number of aromatic hydroxyl groups is 1. The van der Waals surface area contributed by atoms with Gasteiger partial charge in [0.25, 0.3) is 11.8 Å². The number of ether oxygens (including phenoxy) is 1. The number of phenols is 1. The first-order valence-electron chi connectivity index (χ1n) is 16.7. The molecule has 14 nitrogen and oxygen atoms in total. The molecule has 3 atom stereocenters. The first-order chi connectivity index (χ1) is 25.6. The van der Waals surface area contributed by atoms with Gasteiger partial charge in [-0.25, -0.2) is 4.79 Å². The molecule has 0 radical (unpaired) electrons. The van der Waals surface area contributed by atoms with Crippen LogP contribution in [-0.2, 0) is 24.0 Å². The van der Waals surface area contributed by atoms with E-state index in [1.165, 1.54) is 36.4 Å². The number of carbonyl (C=O) groups excluding carboxylic acids is 5. The molecule has 1 saturated heterocycles. The van der Waals surface area contributed by atoms with Gasteiger partial charge in [-0.15, -0.1) is 0 Å². The van der Waals surface area contributed by atoms with Crippen LogP contribution in [-0.4, -0.2) is 102 Å². The molecule has 54 heavy (non-hydrogen) atoms. The number of ketones is 1. The van der Waals surface area contributed by atoms with Crippen molar-refractivity contribution in [3.8, 4) is 11.5 Å². The number of phenolic OH excluding ortho intramolecular Hbond substituents is 1. The van der Waals surface area contributed by atoms with E-state index in [1.807, 2.05) is 21.1 Å². The lowest BCUT2D eigenvalue weighted by molar-refractivity contribution is -0.861. The van der Waals surface area contributed by atoms with Crippen LogP contribution < -0.4 is 20.7 Å². The Balaban J connectivity index is 1.24. The molecule has 3 unspecified atom stereocenters. The molecule has 1 fully saturated rings. The fourth-order valence-corrected chi connectivity index (χ4v) is 6.00. The first kappa shape index (κ1) is 39.0. The zero-order valence-corrected chi connectivity index (χ0v) is 30.4. The maximum absolute atomic E-state index is 13.5. The molecule has 5 N–H and O–H groups in total. The number of nitrogens with one attached hydrogen (secondary N) is 3.